The second-order valence-electron chi connectivity index (χ2n) is 4.53. The first-order valence-electron chi connectivity index (χ1n) is 6.18. The first kappa shape index (κ1) is 13.2. The van der Waals surface area contributed by atoms with E-state index < -0.39 is 0 Å². The van der Waals surface area contributed by atoms with Crippen molar-refractivity contribution in [2.45, 2.75) is 18.9 Å². The van der Waals surface area contributed by atoms with Gasteiger partial charge >= 0.3 is 0 Å². The SMILES string of the molecule is Nc1cc(CC(=O)CC(N)c2ccccc2)ccn1. The number of aromatic nitrogens is 1. The van der Waals surface area contributed by atoms with Gasteiger partial charge < -0.3 is 11.5 Å². The van der Waals surface area contributed by atoms with Crippen molar-refractivity contribution in [2.24, 2.45) is 5.73 Å². The fourth-order valence-electron chi connectivity index (χ4n) is 1.97. The third-order valence-corrected chi connectivity index (χ3v) is 2.92. The normalized spacial score (nSPS) is 12.1. The van der Waals surface area contributed by atoms with Crippen molar-refractivity contribution in [1.29, 1.82) is 0 Å². The van der Waals surface area contributed by atoms with Gasteiger partial charge in [0.05, 0.1) is 0 Å². The zero-order valence-electron chi connectivity index (χ0n) is 10.6. The van der Waals surface area contributed by atoms with E-state index in [0.29, 0.717) is 18.7 Å². The smallest absolute Gasteiger partial charge is 0.139 e. The molecule has 19 heavy (non-hydrogen) atoms. The van der Waals surface area contributed by atoms with E-state index in [1.165, 1.54) is 0 Å². The Morgan fingerprint density at radius 3 is 2.63 bits per heavy atom. The zero-order valence-corrected chi connectivity index (χ0v) is 10.6. The summed E-state index contributed by atoms with van der Waals surface area (Å²) in [6, 6.07) is 12.9. The number of nitrogen functional groups attached to an aromatic ring is 1. The van der Waals surface area contributed by atoms with Crippen LogP contribution in [-0.2, 0) is 11.2 Å². The number of nitrogens with two attached hydrogens (primary N) is 2. The van der Waals surface area contributed by atoms with Crippen molar-refractivity contribution in [3.05, 3.63) is 59.8 Å². The molecule has 1 aromatic carbocycles. The summed E-state index contributed by atoms with van der Waals surface area (Å²) in [7, 11) is 0. The zero-order chi connectivity index (χ0) is 13.7. The number of Topliss-reactive ketones (excluding diaryl/α,β-unsaturated/α-hetero) is 1. The van der Waals surface area contributed by atoms with Crippen molar-refractivity contribution in [1.82, 2.24) is 4.98 Å². The van der Waals surface area contributed by atoms with E-state index in [1.54, 1.807) is 18.3 Å². The van der Waals surface area contributed by atoms with Gasteiger partial charge in [-0.15, -0.1) is 0 Å². The third kappa shape index (κ3) is 3.89. The summed E-state index contributed by atoms with van der Waals surface area (Å²) < 4.78 is 0. The Kier molecular flexibility index (Phi) is 4.26. The summed E-state index contributed by atoms with van der Waals surface area (Å²) in [4.78, 5) is 15.9. The molecule has 0 fully saturated rings. The quantitative estimate of drug-likeness (QED) is 0.854. The molecule has 4 N–H and O–H groups in total. The summed E-state index contributed by atoms with van der Waals surface area (Å²) in [5.74, 6) is 0.527. The largest absolute Gasteiger partial charge is 0.384 e. The number of ketones is 1. The van der Waals surface area contributed by atoms with Crippen LogP contribution in [0.15, 0.2) is 48.7 Å². The fourth-order valence-corrected chi connectivity index (χ4v) is 1.97. The summed E-state index contributed by atoms with van der Waals surface area (Å²) in [6.07, 6.45) is 2.27. The van der Waals surface area contributed by atoms with Crippen LogP contribution < -0.4 is 11.5 Å². The molecule has 1 atom stereocenters. The van der Waals surface area contributed by atoms with Gasteiger partial charge in [-0.3, -0.25) is 4.79 Å². The van der Waals surface area contributed by atoms with Crippen molar-refractivity contribution in [2.75, 3.05) is 5.73 Å². The summed E-state index contributed by atoms with van der Waals surface area (Å²) in [6.45, 7) is 0. The average Bonchev–Trinajstić information content (AvgIpc) is 2.39. The van der Waals surface area contributed by atoms with E-state index in [2.05, 4.69) is 4.98 Å². The van der Waals surface area contributed by atoms with Gasteiger partial charge in [0.2, 0.25) is 0 Å². The number of carbonyl (C=O) groups is 1. The molecule has 0 radical (unpaired) electrons. The predicted octanol–water partition coefficient (Wildman–Crippen LogP) is 1.87. The molecule has 1 aromatic heterocycles. The topological polar surface area (TPSA) is 82.0 Å². The molecule has 0 spiro atoms. The number of hydrogen-bond donors (Lipinski definition) is 2. The number of rotatable bonds is 5. The average molecular weight is 255 g/mol. The van der Waals surface area contributed by atoms with Gasteiger partial charge in [-0.05, 0) is 23.3 Å². The van der Waals surface area contributed by atoms with Gasteiger partial charge in [0.15, 0.2) is 0 Å². The van der Waals surface area contributed by atoms with E-state index in [9.17, 15) is 4.79 Å². The first-order valence-corrected chi connectivity index (χ1v) is 6.18. The number of hydrogen-bond acceptors (Lipinski definition) is 4. The van der Waals surface area contributed by atoms with E-state index in [-0.39, 0.29) is 11.8 Å². The van der Waals surface area contributed by atoms with Crippen LogP contribution >= 0.6 is 0 Å². The van der Waals surface area contributed by atoms with Crippen LogP contribution in [0.3, 0.4) is 0 Å². The standard InChI is InChI=1S/C15H17N3O/c16-14(12-4-2-1-3-5-12)10-13(19)8-11-6-7-18-15(17)9-11/h1-7,9,14H,8,10,16H2,(H2,17,18). The van der Waals surface area contributed by atoms with E-state index >= 15 is 0 Å². The molecule has 0 saturated heterocycles. The van der Waals surface area contributed by atoms with Crippen LogP contribution in [0.5, 0.6) is 0 Å². The molecule has 2 rings (SSSR count). The number of benzene rings is 1. The van der Waals surface area contributed by atoms with E-state index in [4.69, 9.17) is 11.5 Å². The molecule has 0 aliphatic heterocycles. The van der Waals surface area contributed by atoms with Gasteiger partial charge in [0.25, 0.3) is 0 Å². The Bertz CT molecular complexity index is 554. The highest BCUT2D eigenvalue weighted by Gasteiger charge is 2.12. The van der Waals surface area contributed by atoms with Crippen molar-refractivity contribution in [3.8, 4) is 0 Å². The molecule has 0 saturated carbocycles. The Labute approximate surface area is 112 Å². The van der Waals surface area contributed by atoms with Crippen molar-refractivity contribution < 1.29 is 4.79 Å². The lowest BCUT2D eigenvalue weighted by Gasteiger charge is -2.11. The van der Waals surface area contributed by atoms with Gasteiger partial charge in [0, 0.05) is 25.1 Å². The Morgan fingerprint density at radius 2 is 1.95 bits per heavy atom. The molecule has 1 heterocycles. The number of carbonyl (C=O) groups excluding carboxylic acids is 1. The molecule has 1 unspecified atom stereocenters. The molecule has 98 valence electrons. The van der Waals surface area contributed by atoms with Crippen molar-refractivity contribution in [3.63, 3.8) is 0 Å². The van der Waals surface area contributed by atoms with Gasteiger partial charge in [-0.25, -0.2) is 4.98 Å². The van der Waals surface area contributed by atoms with Gasteiger partial charge in [0.1, 0.15) is 11.6 Å². The van der Waals surface area contributed by atoms with Crippen LogP contribution in [0.4, 0.5) is 5.82 Å². The Hall–Kier alpha value is -2.20. The van der Waals surface area contributed by atoms with Crippen LogP contribution in [0, 0.1) is 0 Å². The summed E-state index contributed by atoms with van der Waals surface area (Å²) >= 11 is 0. The van der Waals surface area contributed by atoms with Crippen LogP contribution in [-0.4, -0.2) is 10.8 Å². The number of nitrogens with zero attached hydrogens (tertiary/aromatic N) is 1. The van der Waals surface area contributed by atoms with Gasteiger partial charge in [-0.1, -0.05) is 30.3 Å². The first-order chi connectivity index (χ1) is 9.15. The molecular formula is C15H17N3O. The maximum atomic E-state index is 12.0. The number of pyridine rings is 1. The molecule has 4 nitrogen and oxygen atoms in total. The van der Waals surface area contributed by atoms with Crippen LogP contribution in [0.25, 0.3) is 0 Å². The lowest BCUT2D eigenvalue weighted by Crippen LogP contribution is -2.16. The number of anilines is 1. The predicted molar refractivity (Wildman–Crippen MR) is 75.3 cm³/mol. The van der Waals surface area contributed by atoms with Crippen molar-refractivity contribution >= 4 is 11.6 Å². The molecule has 4 heteroatoms. The molecular weight excluding hydrogens is 238 g/mol. The third-order valence-electron chi connectivity index (χ3n) is 2.92. The second-order valence-corrected chi connectivity index (χ2v) is 4.53. The Balaban J connectivity index is 1.95. The fraction of sp³-hybridized carbons (Fsp3) is 0.200. The lowest BCUT2D eigenvalue weighted by atomic mass is 9.99. The minimum atomic E-state index is -0.257. The molecule has 0 amide bonds. The molecule has 0 aliphatic carbocycles. The highest BCUT2D eigenvalue weighted by Crippen LogP contribution is 2.15. The van der Waals surface area contributed by atoms with Gasteiger partial charge in [-0.2, -0.15) is 0 Å². The maximum absolute atomic E-state index is 12.0. The summed E-state index contributed by atoms with van der Waals surface area (Å²) in [5.41, 5.74) is 13.5. The Morgan fingerprint density at radius 1 is 1.21 bits per heavy atom. The monoisotopic (exact) mass is 255 g/mol. The van der Waals surface area contributed by atoms with E-state index in [0.717, 1.165) is 11.1 Å². The molecule has 2 aromatic rings. The minimum absolute atomic E-state index is 0.0990. The second kappa shape index (κ2) is 6.11. The molecule has 0 bridgehead atoms. The maximum Gasteiger partial charge on any atom is 0.139 e. The van der Waals surface area contributed by atoms with Crippen LogP contribution in [0.2, 0.25) is 0 Å². The lowest BCUT2D eigenvalue weighted by molar-refractivity contribution is -0.118. The highest BCUT2D eigenvalue weighted by molar-refractivity contribution is 5.81. The highest BCUT2D eigenvalue weighted by atomic mass is 16.1. The molecule has 0 aliphatic rings. The minimum Gasteiger partial charge on any atom is -0.384 e. The summed E-state index contributed by atoms with van der Waals surface area (Å²) in [5, 5.41) is 0. The van der Waals surface area contributed by atoms with E-state index in [1.807, 2.05) is 30.3 Å². The van der Waals surface area contributed by atoms with Crippen LogP contribution in [0.1, 0.15) is 23.6 Å².